The highest BCUT2D eigenvalue weighted by Crippen LogP contribution is 2.39. The van der Waals surface area contributed by atoms with Crippen molar-refractivity contribution in [1.82, 2.24) is 0 Å². The van der Waals surface area contributed by atoms with E-state index in [4.69, 9.17) is 10.5 Å². The van der Waals surface area contributed by atoms with Gasteiger partial charge in [-0.05, 0) is 50.9 Å². The van der Waals surface area contributed by atoms with Crippen molar-refractivity contribution in [3.05, 3.63) is 0 Å². The summed E-state index contributed by atoms with van der Waals surface area (Å²) in [7, 11) is 0. The fraction of sp³-hybridized carbons (Fsp3) is 1.00. The van der Waals surface area contributed by atoms with Gasteiger partial charge >= 0.3 is 0 Å². The van der Waals surface area contributed by atoms with E-state index in [0.29, 0.717) is 6.10 Å². The Kier molecular flexibility index (Phi) is 3.68. The molecule has 0 aromatic rings. The van der Waals surface area contributed by atoms with Crippen LogP contribution in [-0.4, -0.2) is 18.2 Å². The predicted molar refractivity (Wildman–Crippen MR) is 62.8 cm³/mol. The van der Waals surface area contributed by atoms with Gasteiger partial charge in [-0.25, -0.2) is 0 Å². The summed E-state index contributed by atoms with van der Waals surface area (Å²) < 4.78 is 6.23. The lowest BCUT2D eigenvalue weighted by Crippen LogP contribution is -2.47. The lowest BCUT2D eigenvalue weighted by atomic mass is 9.77. The van der Waals surface area contributed by atoms with Crippen LogP contribution < -0.4 is 5.73 Å². The van der Waals surface area contributed by atoms with E-state index in [1.165, 1.54) is 51.4 Å². The van der Waals surface area contributed by atoms with Crippen molar-refractivity contribution < 1.29 is 4.74 Å². The Labute approximate surface area is 93.6 Å². The fourth-order valence-electron chi connectivity index (χ4n) is 2.82. The minimum atomic E-state index is 0.0523. The molecule has 0 atom stereocenters. The van der Waals surface area contributed by atoms with Crippen LogP contribution in [0.3, 0.4) is 0 Å². The molecule has 0 aliphatic heterocycles. The molecule has 0 spiro atoms. The van der Waals surface area contributed by atoms with Crippen molar-refractivity contribution in [1.29, 1.82) is 0 Å². The largest absolute Gasteiger partial charge is 0.370 e. The first-order valence-electron chi connectivity index (χ1n) is 6.66. The molecular formula is C13H25NO. The van der Waals surface area contributed by atoms with E-state index in [2.05, 4.69) is 6.92 Å². The Morgan fingerprint density at radius 2 is 1.87 bits per heavy atom. The highest BCUT2D eigenvalue weighted by Gasteiger charge is 2.37. The molecule has 2 nitrogen and oxygen atoms in total. The molecule has 0 aromatic carbocycles. The molecule has 0 bridgehead atoms. The van der Waals surface area contributed by atoms with Crippen LogP contribution in [0.1, 0.15) is 58.3 Å². The van der Waals surface area contributed by atoms with Gasteiger partial charge < -0.3 is 10.5 Å². The van der Waals surface area contributed by atoms with Gasteiger partial charge in [-0.1, -0.05) is 13.3 Å². The fourth-order valence-corrected chi connectivity index (χ4v) is 2.82. The summed E-state index contributed by atoms with van der Waals surface area (Å²) in [6.45, 7) is 3.02. The number of hydrogen-bond donors (Lipinski definition) is 1. The molecule has 0 heterocycles. The molecule has 0 saturated heterocycles. The maximum atomic E-state index is 6.23. The summed E-state index contributed by atoms with van der Waals surface area (Å²) in [6.07, 6.45) is 10.8. The Morgan fingerprint density at radius 3 is 2.27 bits per heavy atom. The average molecular weight is 211 g/mol. The van der Waals surface area contributed by atoms with Gasteiger partial charge in [0.1, 0.15) is 0 Å². The summed E-state index contributed by atoms with van der Waals surface area (Å²) in [6, 6.07) is 0. The van der Waals surface area contributed by atoms with E-state index in [1.54, 1.807) is 0 Å². The minimum absolute atomic E-state index is 0.0523. The Balaban J connectivity index is 1.85. The molecule has 2 heteroatoms. The molecular weight excluding hydrogens is 186 g/mol. The maximum absolute atomic E-state index is 6.23. The lowest BCUT2D eigenvalue weighted by molar-refractivity contribution is -0.137. The van der Waals surface area contributed by atoms with Crippen molar-refractivity contribution in [3.8, 4) is 0 Å². The van der Waals surface area contributed by atoms with E-state index in [1.807, 2.05) is 0 Å². The van der Waals surface area contributed by atoms with Gasteiger partial charge in [0, 0.05) is 6.54 Å². The predicted octanol–water partition coefficient (Wildman–Crippen LogP) is 2.85. The smallest absolute Gasteiger partial charge is 0.0808 e. The Hall–Kier alpha value is -0.0800. The first-order valence-corrected chi connectivity index (χ1v) is 6.66. The van der Waals surface area contributed by atoms with Crippen LogP contribution in [0.4, 0.5) is 0 Å². The lowest BCUT2D eigenvalue weighted by Gasteiger charge is -2.43. The molecule has 15 heavy (non-hydrogen) atoms. The van der Waals surface area contributed by atoms with Crippen molar-refractivity contribution >= 4 is 0 Å². The van der Waals surface area contributed by atoms with Crippen LogP contribution in [0.25, 0.3) is 0 Å². The van der Waals surface area contributed by atoms with Gasteiger partial charge in [0.05, 0.1) is 11.7 Å². The molecule has 2 aliphatic carbocycles. The summed E-state index contributed by atoms with van der Waals surface area (Å²) >= 11 is 0. The van der Waals surface area contributed by atoms with Gasteiger partial charge in [0.25, 0.3) is 0 Å². The first kappa shape index (κ1) is 11.4. The molecule has 0 aromatic heterocycles. The third kappa shape index (κ3) is 2.54. The minimum Gasteiger partial charge on any atom is -0.370 e. The monoisotopic (exact) mass is 211 g/mol. The second-order valence-corrected chi connectivity index (χ2v) is 5.41. The quantitative estimate of drug-likeness (QED) is 0.776. The molecule has 2 N–H and O–H groups in total. The molecule has 0 unspecified atom stereocenters. The van der Waals surface area contributed by atoms with Crippen molar-refractivity contribution in [2.45, 2.75) is 70.0 Å². The van der Waals surface area contributed by atoms with Crippen LogP contribution >= 0.6 is 0 Å². The number of ether oxygens (including phenoxy) is 1. The van der Waals surface area contributed by atoms with E-state index < -0.39 is 0 Å². The Bertz CT molecular complexity index is 193. The zero-order valence-corrected chi connectivity index (χ0v) is 10.0. The number of rotatable bonds is 4. The third-order valence-electron chi connectivity index (χ3n) is 4.43. The molecule has 0 radical (unpaired) electrons. The van der Waals surface area contributed by atoms with E-state index >= 15 is 0 Å². The summed E-state index contributed by atoms with van der Waals surface area (Å²) in [5.41, 5.74) is 5.98. The second-order valence-electron chi connectivity index (χ2n) is 5.41. The van der Waals surface area contributed by atoms with Crippen LogP contribution in [0, 0.1) is 5.92 Å². The molecule has 88 valence electrons. The SMILES string of the molecule is CCC1CCC(CN)(OC2CCC2)CC1. The number of hydrogen-bond acceptors (Lipinski definition) is 2. The van der Waals surface area contributed by atoms with Crippen LogP contribution in [0.5, 0.6) is 0 Å². The van der Waals surface area contributed by atoms with Gasteiger partial charge in [-0.3, -0.25) is 0 Å². The average Bonchev–Trinajstić information content (AvgIpc) is 2.24. The van der Waals surface area contributed by atoms with Crippen LogP contribution in [-0.2, 0) is 4.74 Å². The topological polar surface area (TPSA) is 35.2 Å². The van der Waals surface area contributed by atoms with Crippen LogP contribution in [0.15, 0.2) is 0 Å². The van der Waals surface area contributed by atoms with Crippen molar-refractivity contribution in [3.63, 3.8) is 0 Å². The van der Waals surface area contributed by atoms with Gasteiger partial charge in [0.2, 0.25) is 0 Å². The second kappa shape index (κ2) is 4.84. The van der Waals surface area contributed by atoms with Gasteiger partial charge in [-0.15, -0.1) is 0 Å². The van der Waals surface area contributed by atoms with E-state index in [0.717, 1.165) is 12.5 Å². The molecule has 2 aliphatic rings. The molecule has 0 amide bonds. The zero-order chi connectivity index (χ0) is 10.7. The normalized spacial score (nSPS) is 37.6. The van der Waals surface area contributed by atoms with Crippen molar-refractivity contribution in [2.75, 3.05) is 6.54 Å². The highest BCUT2D eigenvalue weighted by molar-refractivity contribution is 4.90. The van der Waals surface area contributed by atoms with Crippen LogP contribution in [0.2, 0.25) is 0 Å². The first-order chi connectivity index (χ1) is 7.28. The van der Waals surface area contributed by atoms with Gasteiger partial charge in [-0.2, -0.15) is 0 Å². The third-order valence-corrected chi connectivity index (χ3v) is 4.43. The summed E-state index contributed by atoms with van der Waals surface area (Å²) in [4.78, 5) is 0. The van der Waals surface area contributed by atoms with E-state index in [-0.39, 0.29) is 5.60 Å². The van der Waals surface area contributed by atoms with Gasteiger partial charge in [0.15, 0.2) is 0 Å². The Morgan fingerprint density at radius 1 is 1.20 bits per heavy atom. The molecule has 2 saturated carbocycles. The van der Waals surface area contributed by atoms with Crippen molar-refractivity contribution in [2.24, 2.45) is 11.7 Å². The maximum Gasteiger partial charge on any atom is 0.0808 e. The standard InChI is InChI=1S/C13H25NO/c1-2-11-6-8-13(10-14,9-7-11)15-12-4-3-5-12/h11-12H,2-10,14H2,1H3. The summed E-state index contributed by atoms with van der Waals surface area (Å²) in [5.74, 6) is 0.926. The highest BCUT2D eigenvalue weighted by atomic mass is 16.5. The summed E-state index contributed by atoms with van der Waals surface area (Å²) in [5, 5.41) is 0. The van der Waals surface area contributed by atoms with E-state index in [9.17, 15) is 0 Å². The molecule has 2 fully saturated rings. The zero-order valence-electron chi connectivity index (χ0n) is 10.0. The molecule has 2 rings (SSSR count). The number of nitrogens with two attached hydrogens (primary N) is 1.